The van der Waals surface area contributed by atoms with Gasteiger partial charge in [-0.15, -0.1) is 0 Å². The van der Waals surface area contributed by atoms with E-state index in [1.54, 1.807) is 18.2 Å². The summed E-state index contributed by atoms with van der Waals surface area (Å²) < 4.78 is 6.52. The predicted octanol–water partition coefficient (Wildman–Crippen LogP) is 0.656. The molecule has 0 saturated carbocycles. The molecular weight excluding hydrogens is 362 g/mol. The number of fused-ring (bicyclic) bond motifs is 1. The van der Waals surface area contributed by atoms with Gasteiger partial charge in [-0.3, -0.25) is 4.57 Å². The fraction of sp³-hybridized carbons (Fsp3) is 0.294. The number of aliphatic hydroxyl groups excluding tert-OH is 3. The van der Waals surface area contributed by atoms with Crippen LogP contribution in [0.15, 0.2) is 41.3 Å². The van der Waals surface area contributed by atoms with Crippen molar-refractivity contribution in [1.82, 2.24) is 14.5 Å². The molecular formula is C17H16ClN3O5. The molecule has 2 aromatic heterocycles. The molecule has 9 heteroatoms. The molecule has 1 saturated heterocycles. The molecule has 1 fully saturated rings. The van der Waals surface area contributed by atoms with E-state index in [0.29, 0.717) is 16.1 Å². The lowest BCUT2D eigenvalue weighted by molar-refractivity contribution is -0.0547. The lowest BCUT2D eigenvalue weighted by Gasteiger charge is -2.16. The molecule has 0 spiro atoms. The first-order chi connectivity index (χ1) is 12.5. The summed E-state index contributed by atoms with van der Waals surface area (Å²) in [7, 11) is 0. The summed E-state index contributed by atoms with van der Waals surface area (Å²) in [6.45, 7) is -0.470. The topological polar surface area (TPSA) is 121 Å². The Balaban J connectivity index is 1.76. The van der Waals surface area contributed by atoms with Crippen LogP contribution in [-0.4, -0.2) is 54.8 Å². The number of ether oxygens (including phenoxy) is 1. The van der Waals surface area contributed by atoms with Crippen LogP contribution in [0.4, 0.5) is 0 Å². The van der Waals surface area contributed by atoms with Gasteiger partial charge >= 0.3 is 5.69 Å². The highest BCUT2D eigenvalue weighted by molar-refractivity contribution is 6.30. The maximum Gasteiger partial charge on any atom is 0.351 e. The van der Waals surface area contributed by atoms with Gasteiger partial charge in [-0.05, 0) is 23.8 Å². The molecule has 1 aliphatic rings. The van der Waals surface area contributed by atoms with Crippen molar-refractivity contribution in [3.05, 3.63) is 52.0 Å². The van der Waals surface area contributed by atoms with Gasteiger partial charge in [-0.2, -0.15) is 4.98 Å². The van der Waals surface area contributed by atoms with Crippen LogP contribution in [-0.2, 0) is 4.74 Å². The minimum atomic E-state index is -1.35. The molecule has 4 atom stereocenters. The van der Waals surface area contributed by atoms with Gasteiger partial charge in [0.25, 0.3) is 0 Å². The summed E-state index contributed by atoms with van der Waals surface area (Å²) in [4.78, 5) is 19.4. The maximum atomic E-state index is 12.3. The van der Waals surface area contributed by atoms with Crippen molar-refractivity contribution in [2.75, 3.05) is 6.61 Å². The number of H-pyrrole nitrogens is 1. The smallest absolute Gasteiger partial charge is 0.351 e. The van der Waals surface area contributed by atoms with E-state index in [1.165, 1.54) is 6.20 Å². The summed E-state index contributed by atoms with van der Waals surface area (Å²) in [5, 5.41) is 30.4. The van der Waals surface area contributed by atoms with E-state index in [0.717, 1.165) is 15.8 Å². The number of aromatic nitrogens is 3. The van der Waals surface area contributed by atoms with Crippen LogP contribution in [0.2, 0.25) is 5.02 Å². The molecule has 0 unspecified atom stereocenters. The zero-order valence-corrected chi connectivity index (χ0v) is 14.2. The maximum absolute atomic E-state index is 12.3. The van der Waals surface area contributed by atoms with Crippen LogP contribution in [0.25, 0.3) is 22.3 Å². The lowest BCUT2D eigenvalue weighted by Crippen LogP contribution is -2.35. The van der Waals surface area contributed by atoms with Crippen molar-refractivity contribution in [3.63, 3.8) is 0 Å². The van der Waals surface area contributed by atoms with E-state index in [-0.39, 0.29) is 0 Å². The third kappa shape index (κ3) is 2.81. The number of hydrogen-bond acceptors (Lipinski definition) is 6. The zero-order valence-electron chi connectivity index (χ0n) is 13.4. The van der Waals surface area contributed by atoms with E-state index in [4.69, 9.17) is 16.3 Å². The van der Waals surface area contributed by atoms with Crippen molar-refractivity contribution >= 4 is 22.6 Å². The van der Waals surface area contributed by atoms with Crippen molar-refractivity contribution < 1.29 is 20.1 Å². The third-order valence-electron chi connectivity index (χ3n) is 4.46. The Morgan fingerprint density at radius 3 is 2.77 bits per heavy atom. The van der Waals surface area contributed by atoms with E-state index in [9.17, 15) is 20.1 Å². The highest BCUT2D eigenvalue weighted by Crippen LogP contribution is 2.30. The van der Waals surface area contributed by atoms with Crippen molar-refractivity contribution in [1.29, 1.82) is 0 Å². The van der Waals surface area contributed by atoms with Crippen LogP contribution in [0.5, 0.6) is 0 Å². The SMILES string of the molecule is O=c1nc2[nH]c(-c3cccc(Cl)c3)cc2cn1[C@@H]1O[C@H](CO)[C@@H](O)[C@@H]1O. The van der Waals surface area contributed by atoms with Crippen LogP contribution in [0.3, 0.4) is 0 Å². The average Bonchev–Trinajstić information content (AvgIpc) is 3.16. The quantitative estimate of drug-likeness (QED) is 0.532. The van der Waals surface area contributed by atoms with E-state index in [2.05, 4.69) is 9.97 Å². The van der Waals surface area contributed by atoms with Crippen LogP contribution in [0.1, 0.15) is 6.23 Å². The Bertz CT molecular complexity index is 1020. The van der Waals surface area contributed by atoms with E-state index in [1.807, 2.05) is 12.1 Å². The second kappa shape index (κ2) is 6.49. The van der Waals surface area contributed by atoms with Gasteiger partial charge in [-0.1, -0.05) is 23.7 Å². The molecule has 1 aliphatic heterocycles. The minimum absolute atomic E-state index is 0.382. The Hall–Kier alpha value is -2.23. The minimum Gasteiger partial charge on any atom is -0.394 e. The van der Waals surface area contributed by atoms with Gasteiger partial charge in [0.05, 0.1) is 6.61 Å². The number of nitrogens with one attached hydrogen (secondary N) is 1. The van der Waals surface area contributed by atoms with Crippen molar-refractivity contribution in [2.24, 2.45) is 0 Å². The summed E-state index contributed by atoms with van der Waals surface area (Å²) in [5.74, 6) is 0. The normalized spacial score (nSPS) is 25.8. The molecule has 8 nitrogen and oxygen atoms in total. The highest BCUT2D eigenvalue weighted by Gasteiger charge is 2.43. The molecule has 1 aromatic carbocycles. The Kier molecular flexibility index (Phi) is 4.29. The average molecular weight is 378 g/mol. The van der Waals surface area contributed by atoms with Crippen LogP contribution >= 0.6 is 11.6 Å². The van der Waals surface area contributed by atoms with E-state index < -0.39 is 36.8 Å². The van der Waals surface area contributed by atoms with Gasteiger partial charge in [0.15, 0.2) is 6.23 Å². The second-order valence-corrected chi connectivity index (χ2v) is 6.59. The molecule has 0 bridgehead atoms. The van der Waals surface area contributed by atoms with Gasteiger partial charge in [-0.25, -0.2) is 4.79 Å². The lowest BCUT2D eigenvalue weighted by atomic mass is 10.1. The zero-order chi connectivity index (χ0) is 18.4. The summed E-state index contributed by atoms with van der Waals surface area (Å²) in [6.07, 6.45) is -3.24. The fourth-order valence-electron chi connectivity index (χ4n) is 3.11. The highest BCUT2D eigenvalue weighted by atomic mass is 35.5. The standard InChI is InChI=1S/C17H16ClN3O5/c18-10-3-1-2-8(4-10)11-5-9-6-21(17(25)20-15(9)19-11)16-14(24)13(23)12(7-22)26-16/h1-6,12-14,16,22-24H,7H2,(H,19,20,25)/t12-,13-,14+,16-/m1/s1. The Labute approximate surface area is 152 Å². The molecule has 26 heavy (non-hydrogen) atoms. The Morgan fingerprint density at radius 2 is 2.08 bits per heavy atom. The number of halogens is 1. The predicted molar refractivity (Wildman–Crippen MR) is 93.8 cm³/mol. The van der Waals surface area contributed by atoms with Gasteiger partial charge in [0.1, 0.15) is 24.0 Å². The molecule has 3 aromatic rings. The Morgan fingerprint density at radius 1 is 1.27 bits per heavy atom. The van der Waals surface area contributed by atoms with E-state index >= 15 is 0 Å². The van der Waals surface area contributed by atoms with Crippen molar-refractivity contribution in [2.45, 2.75) is 24.5 Å². The first kappa shape index (κ1) is 17.2. The molecule has 136 valence electrons. The molecule has 4 rings (SSSR count). The second-order valence-electron chi connectivity index (χ2n) is 6.16. The molecule has 0 radical (unpaired) electrons. The third-order valence-corrected chi connectivity index (χ3v) is 4.69. The number of hydrogen-bond donors (Lipinski definition) is 4. The molecule has 3 heterocycles. The number of nitrogens with zero attached hydrogens (tertiary/aromatic N) is 2. The monoisotopic (exact) mass is 377 g/mol. The molecule has 0 amide bonds. The first-order valence-electron chi connectivity index (χ1n) is 7.98. The number of benzene rings is 1. The van der Waals surface area contributed by atoms with Crippen LogP contribution < -0.4 is 5.69 Å². The summed E-state index contributed by atoms with van der Waals surface area (Å²) >= 11 is 6.02. The largest absolute Gasteiger partial charge is 0.394 e. The fourth-order valence-corrected chi connectivity index (χ4v) is 3.30. The summed E-state index contributed by atoms with van der Waals surface area (Å²) in [5.41, 5.74) is 1.30. The molecule has 4 N–H and O–H groups in total. The number of rotatable bonds is 3. The van der Waals surface area contributed by atoms with Crippen molar-refractivity contribution in [3.8, 4) is 11.3 Å². The van der Waals surface area contributed by atoms with Gasteiger partial charge in [0.2, 0.25) is 0 Å². The van der Waals surface area contributed by atoms with Gasteiger partial charge < -0.3 is 25.0 Å². The summed E-state index contributed by atoms with van der Waals surface area (Å²) in [6, 6.07) is 9.02. The van der Waals surface area contributed by atoms with Gasteiger partial charge in [0, 0.05) is 22.3 Å². The number of aliphatic hydroxyl groups is 3. The number of aromatic amines is 1. The van der Waals surface area contributed by atoms with Crippen LogP contribution in [0, 0.1) is 0 Å². The molecule has 0 aliphatic carbocycles. The first-order valence-corrected chi connectivity index (χ1v) is 8.36.